The van der Waals surface area contributed by atoms with E-state index in [1.807, 2.05) is 10.6 Å². The topological polar surface area (TPSA) is 106 Å². The first kappa shape index (κ1) is 26.1. The molecule has 1 aliphatic heterocycles. The van der Waals surface area contributed by atoms with E-state index in [0.717, 1.165) is 31.5 Å². The largest absolute Gasteiger partial charge is 0.383 e. The summed E-state index contributed by atoms with van der Waals surface area (Å²) >= 11 is 1.37. The van der Waals surface area contributed by atoms with Crippen LogP contribution in [-0.2, 0) is 26.1 Å². The molecule has 2 aromatic rings. The van der Waals surface area contributed by atoms with Gasteiger partial charge in [0, 0.05) is 38.7 Å². The number of amides is 1. The molecule has 11 heteroatoms. The van der Waals surface area contributed by atoms with Crippen LogP contribution in [0.4, 0.5) is 0 Å². The average Bonchev–Trinajstić information content (AvgIpc) is 3.30. The molecular weight excluding hydrogens is 486 g/mol. The number of piperidine rings is 1. The smallest absolute Gasteiger partial charge is 0.243 e. The van der Waals surface area contributed by atoms with Gasteiger partial charge in [-0.05, 0) is 37.8 Å². The number of hydrogen-bond acceptors (Lipinski definition) is 7. The van der Waals surface area contributed by atoms with Crippen molar-refractivity contribution in [2.45, 2.75) is 73.5 Å². The predicted octanol–water partition coefficient (Wildman–Crippen LogP) is 3.03. The number of benzene rings is 1. The van der Waals surface area contributed by atoms with Gasteiger partial charge in [0.15, 0.2) is 5.16 Å². The van der Waals surface area contributed by atoms with Gasteiger partial charge >= 0.3 is 0 Å². The Morgan fingerprint density at radius 2 is 1.89 bits per heavy atom. The minimum Gasteiger partial charge on any atom is -0.383 e. The lowest BCUT2D eigenvalue weighted by molar-refractivity contribution is -0.119. The Bertz CT molecular complexity index is 1070. The predicted molar refractivity (Wildman–Crippen MR) is 135 cm³/mol. The third kappa shape index (κ3) is 6.63. The third-order valence-corrected chi connectivity index (χ3v) is 9.54. The van der Waals surface area contributed by atoms with E-state index in [1.165, 1.54) is 31.0 Å². The average molecular weight is 522 g/mol. The van der Waals surface area contributed by atoms with Crippen LogP contribution in [0, 0.1) is 0 Å². The van der Waals surface area contributed by atoms with Gasteiger partial charge in [0.2, 0.25) is 15.9 Å². The lowest BCUT2D eigenvalue weighted by atomic mass is 9.95. The molecule has 1 aromatic carbocycles. The summed E-state index contributed by atoms with van der Waals surface area (Å²) in [6.45, 7) is 1.87. The molecule has 0 radical (unpaired) electrons. The molecular formula is C24H35N5O4S2. The number of methoxy groups -OCH3 is 1. The zero-order valence-electron chi connectivity index (χ0n) is 20.3. The maximum Gasteiger partial charge on any atom is 0.243 e. The van der Waals surface area contributed by atoms with Crippen LogP contribution in [0.2, 0.25) is 0 Å². The lowest BCUT2D eigenvalue weighted by Gasteiger charge is -2.31. The van der Waals surface area contributed by atoms with Crippen molar-refractivity contribution in [3.05, 3.63) is 36.2 Å². The minimum absolute atomic E-state index is 0.0162. The normalized spacial score (nSPS) is 20.1. The van der Waals surface area contributed by atoms with Crippen molar-refractivity contribution in [3.8, 4) is 0 Å². The Labute approximate surface area is 212 Å². The number of sulfonamides is 1. The van der Waals surface area contributed by atoms with Crippen molar-refractivity contribution >= 4 is 27.7 Å². The summed E-state index contributed by atoms with van der Waals surface area (Å²) in [5.74, 6) is 0.977. The summed E-state index contributed by atoms with van der Waals surface area (Å²) < 4.78 is 35.2. The number of aromatic nitrogens is 3. The second-order valence-electron chi connectivity index (χ2n) is 9.19. The monoisotopic (exact) mass is 521 g/mol. The fourth-order valence-electron chi connectivity index (χ4n) is 4.86. The molecule has 4 rings (SSSR count). The molecule has 192 valence electrons. The summed E-state index contributed by atoms with van der Waals surface area (Å²) in [5, 5.41) is 12.7. The molecule has 0 bridgehead atoms. The van der Waals surface area contributed by atoms with Gasteiger partial charge < -0.3 is 14.6 Å². The summed E-state index contributed by atoms with van der Waals surface area (Å²) in [4.78, 5) is 12.8. The van der Waals surface area contributed by atoms with Crippen LogP contribution in [0.1, 0.15) is 56.7 Å². The number of carbonyl (C=O) groups excluding carboxylic acids is 1. The number of nitrogens with one attached hydrogen (secondary N) is 1. The Morgan fingerprint density at radius 1 is 1.11 bits per heavy atom. The van der Waals surface area contributed by atoms with Crippen LogP contribution >= 0.6 is 11.8 Å². The zero-order valence-corrected chi connectivity index (χ0v) is 21.9. The van der Waals surface area contributed by atoms with E-state index in [4.69, 9.17) is 4.74 Å². The molecule has 0 spiro atoms. The fourth-order valence-corrected chi connectivity index (χ4v) is 7.19. The molecule has 2 aliphatic rings. The van der Waals surface area contributed by atoms with Crippen molar-refractivity contribution in [1.82, 2.24) is 24.4 Å². The first-order valence-electron chi connectivity index (χ1n) is 12.4. The van der Waals surface area contributed by atoms with Crippen molar-refractivity contribution in [2.75, 3.05) is 32.6 Å². The maximum absolute atomic E-state index is 13.2. The highest BCUT2D eigenvalue weighted by Crippen LogP contribution is 2.31. The Morgan fingerprint density at radius 3 is 2.63 bits per heavy atom. The molecule has 1 aliphatic carbocycles. The molecule has 9 nitrogen and oxygen atoms in total. The Hall–Kier alpha value is -1.95. The highest BCUT2D eigenvalue weighted by molar-refractivity contribution is 7.99. The van der Waals surface area contributed by atoms with E-state index in [0.29, 0.717) is 36.3 Å². The van der Waals surface area contributed by atoms with Gasteiger partial charge in [0.25, 0.3) is 0 Å². The highest BCUT2D eigenvalue weighted by Gasteiger charge is 2.33. The summed E-state index contributed by atoms with van der Waals surface area (Å²) in [7, 11) is -1.93. The van der Waals surface area contributed by atoms with Crippen LogP contribution in [0.15, 0.2) is 40.4 Å². The van der Waals surface area contributed by atoms with Crippen molar-refractivity contribution in [3.63, 3.8) is 0 Å². The van der Waals surface area contributed by atoms with E-state index in [-0.39, 0.29) is 23.6 Å². The third-order valence-electron chi connectivity index (χ3n) is 6.70. The van der Waals surface area contributed by atoms with Gasteiger partial charge in [-0.1, -0.05) is 49.2 Å². The van der Waals surface area contributed by atoms with Gasteiger partial charge in [-0.3, -0.25) is 4.79 Å². The summed E-state index contributed by atoms with van der Waals surface area (Å²) in [6.07, 6.45) is 7.27. The number of thioether (sulfide) groups is 1. The molecule has 0 unspecified atom stereocenters. The first-order valence-corrected chi connectivity index (χ1v) is 14.8. The van der Waals surface area contributed by atoms with Gasteiger partial charge in [-0.15, -0.1) is 10.2 Å². The van der Waals surface area contributed by atoms with E-state index < -0.39 is 10.0 Å². The van der Waals surface area contributed by atoms with Crippen LogP contribution < -0.4 is 5.32 Å². The number of ether oxygens (including phenoxy) is 1. The van der Waals surface area contributed by atoms with Gasteiger partial charge in [0.05, 0.1) is 17.3 Å². The van der Waals surface area contributed by atoms with Gasteiger partial charge in [-0.2, -0.15) is 4.31 Å². The summed E-state index contributed by atoms with van der Waals surface area (Å²) in [5.41, 5.74) is 0. The lowest BCUT2D eigenvalue weighted by Crippen LogP contribution is -2.39. The number of rotatable bonds is 10. The zero-order chi connectivity index (χ0) is 24.7. The molecule has 2 fully saturated rings. The van der Waals surface area contributed by atoms with Crippen LogP contribution in [0.3, 0.4) is 0 Å². The first-order chi connectivity index (χ1) is 17.0. The molecule has 1 N–H and O–H groups in total. The summed E-state index contributed by atoms with van der Waals surface area (Å²) in [6, 6.07) is 8.83. The second kappa shape index (κ2) is 12.3. The fraction of sp³-hybridized carbons (Fsp3) is 0.625. The molecule has 1 amide bonds. The van der Waals surface area contributed by atoms with Gasteiger partial charge in [-0.25, -0.2) is 8.42 Å². The minimum atomic E-state index is -3.57. The number of carbonyl (C=O) groups is 1. The van der Waals surface area contributed by atoms with E-state index in [9.17, 15) is 13.2 Å². The Kier molecular flexibility index (Phi) is 9.21. The SMILES string of the molecule is COCCn1c(SCC(=O)NC2CCCCC2)nnc1[C@@H]1CCCN(S(=O)(=O)c2ccccc2)C1. The van der Waals surface area contributed by atoms with Crippen molar-refractivity contribution < 1.29 is 17.9 Å². The van der Waals surface area contributed by atoms with Crippen LogP contribution in [-0.4, -0.2) is 72.0 Å². The molecule has 1 saturated heterocycles. The highest BCUT2D eigenvalue weighted by atomic mass is 32.2. The van der Waals surface area contributed by atoms with Crippen LogP contribution in [0.25, 0.3) is 0 Å². The van der Waals surface area contributed by atoms with E-state index >= 15 is 0 Å². The molecule has 1 aromatic heterocycles. The Balaban J connectivity index is 1.45. The van der Waals surface area contributed by atoms with E-state index in [1.54, 1.807) is 35.7 Å². The quantitative estimate of drug-likeness (QED) is 0.479. The molecule has 2 heterocycles. The maximum atomic E-state index is 13.2. The molecule has 35 heavy (non-hydrogen) atoms. The van der Waals surface area contributed by atoms with Crippen molar-refractivity contribution in [2.24, 2.45) is 0 Å². The van der Waals surface area contributed by atoms with Crippen LogP contribution in [0.5, 0.6) is 0 Å². The number of nitrogens with zero attached hydrogens (tertiary/aromatic N) is 4. The number of hydrogen-bond donors (Lipinski definition) is 1. The van der Waals surface area contributed by atoms with E-state index in [2.05, 4.69) is 15.5 Å². The molecule has 1 saturated carbocycles. The standard InChI is InChI=1S/C24H35N5O4S2/c1-33-16-15-29-23(26-27-24(29)34-18-22(30)25-20-10-4-2-5-11-20)19-9-8-14-28(17-19)35(31,32)21-12-6-3-7-13-21/h3,6-7,12-13,19-20H,2,4-5,8-11,14-18H2,1H3,(H,25,30)/t19-/m1/s1. The van der Waals surface area contributed by atoms with Gasteiger partial charge in [0.1, 0.15) is 5.82 Å². The second-order valence-corrected chi connectivity index (χ2v) is 12.1. The molecule has 1 atom stereocenters. The van der Waals surface area contributed by atoms with Crippen molar-refractivity contribution in [1.29, 1.82) is 0 Å².